The van der Waals surface area contributed by atoms with Crippen LogP contribution in [0.5, 0.6) is 0 Å². The second-order valence-corrected chi connectivity index (χ2v) is 7.35. The van der Waals surface area contributed by atoms with E-state index in [0.29, 0.717) is 18.6 Å². The lowest BCUT2D eigenvalue weighted by Crippen LogP contribution is -2.47. The fraction of sp³-hybridized carbons (Fsp3) is 0.381. The Hall–Kier alpha value is -2.75. The number of primary amides is 1. The molecule has 2 aromatic rings. The van der Waals surface area contributed by atoms with Crippen LogP contribution in [-0.2, 0) is 23.7 Å². The molecule has 0 unspecified atom stereocenters. The minimum absolute atomic E-state index is 0.0849. The zero-order valence-electron chi connectivity index (χ0n) is 16.2. The number of ether oxygens (including phenoxy) is 1. The average Bonchev–Trinajstić information content (AvgIpc) is 2.71. The highest BCUT2D eigenvalue weighted by Gasteiger charge is 2.37. The van der Waals surface area contributed by atoms with Crippen LogP contribution in [0.2, 0.25) is 0 Å². The largest absolute Gasteiger partial charge is 0.416 e. The number of rotatable bonds is 4. The third-order valence-corrected chi connectivity index (χ3v) is 5.20. The van der Waals surface area contributed by atoms with Crippen LogP contribution < -0.4 is 5.73 Å². The third-order valence-electron chi connectivity index (χ3n) is 5.20. The normalized spacial score (nSPS) is 20.0. The van der Waals surface area contributed by atoms with Crippen molar-refractivity contribution in [1.29, 1.82) is 0 Å². The molecule has 1 aliphatic heterocycles. The van der Waals surface area contributed by atoms with Crippen molar-refractivity contribution in [2.45, 2.75) is 37.4 Å². The first-order valence-corrected chi connectivity index (χ1v) is 9.44. The smallest absolute Gasteiger partial charge is 0.373 e. The lowest BCUT2D eigenvalue weighted by molar-refractivity contribution is -0.143. The lowest BCUT2D eigenvalue weighted by Gasteiger charge is -2.38. The molecule has 0 bridgehead atoms. The highest BCUT2D eigenvalue weighted by Crippen LogP contribution is 2.37. The van der Waals surface area contributed by atoms with Crippen molar-refractivity contribution in [3.63, 3.8) is 0 Å². The molecule has 2 amide bonds. The summed E-state index contributed by atoms with van der Waals surface area (Å²) in [5.74, 6) is -0.324. The van der Waals surface area contributed by atoms with Crippen LogP contribution in [0.15, 0.2) is 48.5 Å². The van der Waals surface area contributed by atoms with Crippen molar-refractivity contribution in [1.82, 2.24) is 4.90 Å². The van der Waals surface area contributed by atoms with E-state index in [1.807, 2.05) is 12.1 Å². The maximum Gasteiger partial charge on any atom is 0.416 e. The van der Waals surface area contributed by atoms with Crippen molar-refractivity contribution < 1.29 is 35.9 Å². The lowest BCUT2D eigenvalue weighted by atomic mass is 9.88. The predicted molar refractivity (Wildman–Crippen MR) is 100.0 cm³/mol. The zero-order chi connectivity index (χ0) is 22.8. The zero-order valence-corrected chi connectivity index (χ0v) is 16.2. The molecule has 1 saturated heterocycles. The molecule has 0 aromatic heterocycles. The summed E-state index contributed by atoms with van der Waals surface area (Å²) in [6.45, 7) is 0.0811. The molecule has 1 fully saturated rings. The van der Waals surface area contributed by atoms with Crippen molar-refractivity contribution in [2.75, 3.05) is 13.1 Å². The quantitative estimate of drug-likeness (QED) is 0.659. The summed E-state index contributed by atoms with van der Waals surface area (Å²) in [4.78, 5) is 13.0. The molecule has 2 aromatic carbocycles. The van der Waals surface area contributed by atoms with E-state index in [1.54, 1.807) is 18.2 Å². The highest BCUT2D eigenvalue weighted by atomic mass is 19.4. The van der Waals surface area contributed by atoms with E-state index in [1.165, 1.54) is 4.90 Å². The van der Waals surface area contributed by atoms with Crippen molar-refractivity contribution >= 4 is 6.03 Å². The molecule has 31 heavy (non-hydrogen) atoms. The Morgan fingerprint density at radius 3 is 2.10 bits per heavy atom. The Morgan fingerprint density at radius 2 is 1.58 bits per heavy atom. The predicted octanol–water partition coefficient (Wildman–Crippen LogP) is 5.18. The topological polar surface area (TPSA) is 55.6 Å². The Kier molecular flexibility index (Phi) is 6.49. The molecule has 168 valence electrons. The highest BCUT2D eigenvalue weighted by molar-refractivity contribution is 5.72. The van der Waals surface area contributed by atoms with Crippen LogP contribution in [0, 0.1) is 0 Å². The second kappa shape index (κ2) is 8.78. The first-order chi connectivity index (χ1) is 14.4. The fourth-order valence-corrected chi connectivity index (χ4v) is 3.66. The van der Waals surface area contributed by atoms with E-state index in [0.717, 1.165) is 5.56 Å². The number of carbonyl (C=O) groups is 1. The van der Waals surface area contributed by atoms with Crippen LogP contribution in [-0.4, -0.2) is 30.1 Å². The summed E-state index contributed by atoms with van der Waals surface area (Å²) in [6.07, 6.45) is -10.0. The van der Waals surface area contributed by atoms with Gasteiger partial charge in [-0.15, -0.1) is 0 Å². The molecular formula is C21H20F6N2O2. The van der Waals surface area contributed by atoms with Gasteiger partial charge in [-0.2, -0.15) is 26.3 Å². The molecule has 0 saturated carbocycles. The van der Waals surface area contributed by atoms with E-state index in [4.69, 9.17) is 10.5 Å². The van der Waals surface area contributed by atoms with E-state index >= 15 is 0 Å². The monoisotopic (exact) mass is 446 g/mol. The van der Waals surface area contributed by atoms with Crippen LogP contribution in [0.4, 0.5) is 31.1 Å². The Morgan fingerprint density at radius 1 is 1.00 bits per heavy atom. The molecule has 0 radical (unpaired) electrons. The number of halogens is 6. The summed E-state index contributed by atoms with van der Waals surface area (Å²) in [5, 5.41) is 0. The number of hydrogen-bond donors (Lipinski definition) is 1. The minimum atomic E-state index is -4.92. The molecule has 0 spiro atoms. The maximum atomic E-state index is 13.1. The SMILES string of the molecule is NC(=O)N1CC[C@@H](OCc2cc(C(F)(F)F)cc(C(F)(F)F)c2)[C@@H](c2ccccc2)C1. The molecule has 3 rings (SSSR count). The number of benzene rings is 2. The number of carbonyl (C=O) groups excluding carboxylic acids is 1. The van der Waals surface area contributed by atoms with Crippen LogP contribution >= 0.6 is 0 Å². The Balaban J connectivity index is 1.84. The number of piperidine rings is 1. The van der Waals surface area contributed by atoms with Gasteiger partial charge in [0.1, 0.15) is 0 Å². The number of hydrogen-bond acceptors (Lipinski definition) is 2. The van der Waals surface area contributed by atoms with Crippen molar-refractivity contribution in [3.05, 3.63) is 70.8 Å². The van der Waals surface area contributed by atoms with Gasteiger partial charge in [-0.1, -0.05) is 30.3 Å². The summed E-state index contributed by atoms with van der Waals surface area (Å²) in [6, 6.07) is 9.81. The maximum absolute atomic E-state index is 13.1. The first-order valence-electron chi connectivity index (χ1n) is 9.44. The molecule has 2 N–H and O–H groups in total. The minimum Gasteiger partial charge on any atom is -0.373 e. The molecule has 4 nitrogen and oxygen atoms in total. The third kappa shape index (κ3) is 5.69. The molecule has 10 heteroatoms. The summed E-state index contributed by atoms with van der Waals surface area (Å²) >= 11 is 0. The van der Waals surface area contributed by atoms with Crippen LogP contribution in [0.3, 0.4) is 0 Å². The van der Waals surface area contributed by atoms with Gasteiger partial charge in [0.2, 0.25) is 0 Å². The number of likely N-dealkylation sites (tertiary alicyclic amines) is 1. The van der Waals surface area contributed by atoms with Crippen molar-refractivity contribution in [3.8, 4) is 0 Å². The second-order valence-electron chi connectivity index (χ2n) is 7.35. The Labute approximate surface area is 174 Å². The summed E-state index contributed by atoms with van der Waals surface area (Å²) < 4.78 is 84.2. The molecule has 0 aliphatic carbocycles. The van der Waals surface area contributed by atoms with Gasteiger partial charge in [-0.25, -0.2) is 4.79 Å². The van der Waals surface area contributed by atoms with Gasteiger partial charge in [0.15, 0.2) is 0 Å². The average molecular weight is 446 g/mol. The van der Waals surface area contributed by atoms with Gasteiger partial charge in [-0.3, -0.25) is 0 Å². The Bertz CT molecular complexity index is 882. The number of alkyl halides is 6. The van der Waals surface area contributed by atoms with Gasteiger partial charge in [0.05, 0.1) is 23.8 Å². The van der Waals surface area contributed by atoms with Gasteiger partial charge in [0.25, 0.3) is 0 Å². The van der Waals surface area contributed by atoms with Crippen LogP contribution in [0.1, 0.15) is 34.6 Å². The molecule has 2 atom stereocenters. The summed E-state index contributed by atoms with van der Waals surface area (Å²) in [7, 11) is 0. The van der Waals surface area contributed by atoms with E-state index in [2.05, 4.69) is 0 Å². The van der Waals surface area contributed by atoms with Gasteiger partial charge >= 0.3 is 18.4 Å². The molecule has 1 heterocycles. The number of nitrogens with two attached hydrogens (primary N) is 1. The van der Waals surface area contributed by atoms with E-state index in [-0.39, 0.29) is 30.6 Å². The van der Waals surface area contributed by atoms with Gasteiger partial charge in [0, 0.05) is 19.0 Å². The molecular weight excluding hydrogens is 426 g/mol. The first kappa shape index (κ1) is 22.9. The summed E-state index contributed by atoms with van der Waals surface area (Å²) in [5.41, 5.74) is 3.20. The number of nitrogens with zero attached hydrogens (tertiary/aromatic N) is 1. The van der Waals surface area contributed by atoms with Crippen molar-refractivity contribution in [2.24, 2.45) is 5.73 Å². The van der Waals surface area contributed by atoms with E-state index in [9.17, 15) is 31.1 Å². The van der Waals surface area contributed by atoms with E-state index < -0.39 is 42.2 Å². The van der Waals surface area contributed by atoms with Gasteiger partial charge in [-0.05, 0) is 35.7 Å². The molecule has 1 aliphatic rings. The fourth-order valence-electron chi connectivity index (χ4n) is 3.66. The number of amides is 2. The van der Waals surface area contributed by atoms with Crippen LogP contribution in [0.25, 0.3) is 0 Å². The standard InChI is InChI=1S/C21H20F6N2O2/c22-20(23,24)15-8-13(9-16(10-15)21(25,26)27)12-31-18-6-7-29(19(28)30)11-17(18)14-4-2-1-3-5-14/h1-5,8-10,17-18H,6-7,11-12H2,(H2,28,30)/t17-,18-/m1/s1. The number of urea groups is 1. The van der Waals surface area contributed by atoms with Gasteiger partial charge < -0.3 is 15.4 Å².